The zero-order valence-electron chi connectivity index (χ0n) is 9.41. The summed E-state index contributed by atoms with van der Waals surface area (Å²) in [5.41, 5.74) is 2.72. The molecule has 92 valence electrons. The summed E-state index contributed by atoms with van der Waals surface area (Å²) < 4.78 is 12.8. The van der Waals surface area contributed by atoms with Crippen LogP contribution in [-0.2, 0) is 4.84 Å². The first-order valence-corrected chi connectivity index (χ1v) is 5.72. The number of halogens is 1. The Kier molecular flexibility index (Phi) is 3.93. The van der Waals surface area contributed by atoms with Gasteiger partial charge in [-0.15, -0.1) is 0 Å². The molecule has 4 nitrogen and oxygen atoms in total. The van der Waals surface area contributed by atoms with Crippen LogP contribution in [0.4, 0.5) is 14.9 Å². The van der Waals surface area contributed by atoms with Crippen molar-refractivity contribution in [2.45, 2.75) is 31.8 Å². The summed E-state index contributed by atoms with van der Waals surface area (Å²) in [4.78, 5) is 16.6. The topological polar surface area (TPSA) is 50.4 Å². The van der Waals surface area contributed by atoms with Gasteiger partial charge in [0.05, 0.1) is 6.10 Å². The van der Waals surface area contributed by atoms with Crippen LogP contribution in [0, 0.1) is 5.82 Å². The summed E-state index contributed by atoms with van der Waals surface area (Å²) >= 11 is 0. The molecule has 2 amide bonds. The van der Waals surface area contributed by atoms with Gasteiger partial charge in [0.1, 0.15) is 5.82 Å². The molecule has 0 spiro atoms. The van der Waals surface area contributed by atoms with Crippen molar-refractivity contribution in [2.24, 2.45) is 0 Å². The van der Waals surface area contributed by atoms with E-state index in [1.807, 2.05) is 0 Å². The molecule has 1 fully saturated rings. The Balaban J connectivity index is 1.76. The van der Waals surface area contributed by atoms with Crippen LogP contribution in [0.3, 0.4) is 0 Å². The van der Waals surface area contributed by atoms with Gasteiger partial charge in [-0.3, -0.25) is 4.84 Å². The molecule has 1 aliphatic rings. The van der Waals surface area contributed by atoms with E-state index in [-0.39, 0.29) is 11.9 Å². The molecule has 1 aliphatic carbocycles. The summed E-state index contributed by atoms with van der Waals surface area (Å²) in [6.07, 6.45) is 4.32. The molecular formula is C12H15FN2O2. The molecule has 0 aliphatic heterocycles. The molecule has 0 saturated heterocycles. The van der Waals surface area contributed by atoms with Crippen LogP contribution < -0.4 is 10.8 Å². The normalized spacial score (nSPS) is 15.8. The van der Waals surface area contributed by atoms with E-state index >= 15 is 0 Å². The molecule has 0 heterocycles. The Bertz CT molecular complexity index is 392. The average molecular weight is 238 g/mol. The van der Waals surface area contributed by atoms with Crippen molar-refractivity contribution in [3.05, 3.63) is 30.1 Å². The minimum Gasteiger partial charge on any atom is -0.306 e. The zero-order valence-corrected chi connectivity index (χ0v) is 9.41. The van der Waals surface area contributed by atoms with Gasteiger partial charge in [-0.05, 0) is 31.0 Å². The molecule has 0 atom stereocenters. The number of benzene rings is 1. The zero-order chi connectivity index (χ0) is 12.1. The Labute approximate surface area is 99.1 Å². The maximum absolute atomic E-state index is 12.8. The molecule has 0 unspecified atom stereocenters. The van der Waals surface area contributed by atoms with Gasteiger partial charge >= 0.3 is 6.03 Å². The molecule has 2 N–H and O–H groups in total. The number of urea groups is 1. The lowest BCUT2D eigenvalue weighted by Crippen LogP contribution is -2.32. The first-order chi connectivity index (χ1) is 8.24. The van der Waals surface area contributed by atoms with Crippen LogP contribution in [0.15, 0.2) is 24.3 Å². The maximum atomic E-state index is 12.8. The third-order valence-corrected chi connectivity index (χ3v) is 2.70. The van der Waals surface area contributed by atoms with Crippen molar-refractivity contribution in [3.63, 3.8) is 0 Å². The second-order valence-corrected chi connectivity index (χ2v) is 4.09. The summed E-state index contributed by atoms with van der Waals surface area (Å²) in [5, 5.41) is 2.49. The first-order valence-electron chi connectivity index (χ1n) is 5.72. The molecule has 17 heavy (non-hydrogen) atoms. The largest absolute Gasteiger partial charge is 0.343 e. The molecule has 2 rings (SSSR count). The predicted molar refractivity (Wildman–Crippen MR) is 61.9 cm³/mol. The monoisotopic (exact) mass is 238 g/mol. The number of rotatable bonds is 3. The van der Waals surface area contributed by atoms with Crippen molar-refractivity contribution in [2.75, 3.05) is 5.32 Å². The average Bonchev–Trinajstić information content (AvgIpc) is 2.79. The van der Waals surface area contributed by atoms with Gasteiger partial charge in [-0.25, -0.2) is 14.7 Å². The second-order valence-electron chi connectivity index (χ2n) is 4.09. The minimum atomic E-state index is -0.484. The second kappa shape index (κ2) is 5.63. The minimum absolute atomic E-state index is 0.105. The Morgan fingerprint density at radius 2 is 2.12 bits per heavy atom. The highest BCUT2D eigenvalue weighted by atomic mass is 19.1. The van der Waals surface area contributed by atoms with Crippen molar-refractivity contribution < 1.29 is 14.0 Å². The SMILES string of the molecule is O=C(NOC1CCCC1)Nc1cccc(F)c1. The molecule has 0 radical (unpaired) electrons. The van der Waals surface area contributed by atoms with Crippen molar-refractivity contribution >= 4 is 11.7 Å². The van der Waals surface area contributed by atoms with Crippen molar-refractivity contribution in [3.8, 4) is 0 Å². The van der Waals surface area contributed by atoms with Crippen molar-refractivity contribution in [1.29, 1.82) is 0 Å². The third kappa shape index (κ3) is 3.71. The van der Waals surface area contributed by atoms with Gasteiger partial charge in [0.25, 0.3) is 0 Å². The van der Waals surface area contributed by atoms with Gasteiger partial charge in [0.15, 0.2) is 0 Å². The van der Waals surface area contributed by atoms with E-state index in [4.69, 9.17) is 4.84 Å². The number of hydrogen-bond acceptors (Lipinski definition) is 2. The number of carbonyl (C=O) groups is 1. The van der Waals surface area contributed by atoms with Gasteiger partial charge < -0.3 is 5.32 Å². The molecule has 5 heteroatoms. The van der Waals surface area contributed by atoms with Crippen LogP contribution >= 0.6 is 0 Å². The third-order valence-electron chi connectivity index (χ3n) is 2.70. The molecule has 0 aromatic heterocycles. The van der Waals surface area contributed by atoms with E-state index in [2.05, 4.69) is 10.8 Å². The van der Waals surface area contributed by atoms with Crippen LogP contribution in [0.25, 0.3) is 0 Å². The lowest BCUT2D eigenvalue weighted by molar-refractivity contribution is 0.00336. The molecule has 1 aromatic rings. The van der Waals surface area contributed by atoms with Crippen LogP contribution in [0.2, 0.25) is 0 Å². The Hall–Kier alpha value is -1.62. The fourth-order valence-corrected chi connectivity index (χ4v) is 1.87. The highest BCUT2D eigenvalue weighted by Crippen LogP contribution is 2.19. The number of amides is 2. The molecule has 1 saturated carbocycles. The van der Waals surface area contributed by atoms with Gasteiger partial charge in [-0.2, -0.15) is 0 Å². The van der Waals surface area contributed by atoms with Crippen LogP contribution in [-0.4, -0.2) is 12.1 Å². The molecular weight excluding hydrogens is 223 g/mol. The van der Waals surface area contributed by atoms with Gasteiger partial charge in [-0.1, -0.05) is 18.9 Å². The lowest BCUT2D eigenvalue weighted by Gasteiger charge is -2.12. The smallest absolute Gasteiger partial charge is 0.306 e. The van der Waals surface area contributed by atoms with E-state index in [0.717, 1.165) is 25.7 Å². The van der Waals surface area contributed by atoms with E-state index in [1.54, 1.807) is 6.07 Å². The van der Waals surface area contributed by atoms with Gasteiger partial charge in [0.2, 0.25) is 0 Å². The van der Waals surface area contributed by atoms with E-state index in [9.17, 15) is 9.18 Å². The highest BCUT2D eigenvalue weighted by Gasteiger charge is 2.16. The number of hydroxylamine groups is 1. The maximum Gasteiger partial charge on any atom is 0.343 e. The molecule has 1 aromatic carbocycles. The fourth-order valence-electron chi connectivity index (χ4n) is 1.87. The van der Waals surface area contributed by atoms with Crippen molar-refractivity contribution in [1.82, 2.24) is 5.48 Å². The van der Waals surface area contributed by atoms with Gasteiger partial charge in [0, 0.05) is 5.69 Å². The van der Waals surface area contributed by atoms with Crippen LogP contribution in [0.1, 0.15) is 25.7 Å². The number of hydrogen-bond donors (Lipinski definition) is 2. The number of anilines is 1. The number of nitrogens with one attached hydrogen (secondary N) is 2. The quantitative estimate of drug-likeness (QED) is 0.795. The molecule has 0 bridgehead atoms. The Morgan fingerprint density at radius 3 is 2.82 bits per heavy atom. The summed E-state index contributed by atoms with van der Waals surface area (Å²) in [5.74, 6) is -0.389. The highest BCUT2D eigenvalue weighted by molar-refractivity contribution is 5.88. The lowest BCUT2D eigenvalue weighted by atomic mass is 10.3. The van der Waals surface area contributed by atoms with E-state index in [1.165, 1.54) is 18.2 Å². The summed E-state index contributed by atoms with van der Waals surface area (Å²) in [6.45, 7) is 0. The summed E-state index contributed by atoms with van der Waals surface area (Å²) in [7, 11) is 0. The number of carbonyl (C=O) groups excluding carboxylic acids is 1. The van der Waals surface area contributed by atoms with Crippen LogP contribution in [0.5, 0.6) is 0 Å². The first kappa shape index (κ1) is 11.9. The van der Waals surface area contributed by atoms with E-state index in [0.29, 0.717) is 5.69 Å². The van der Waals surface area contributed by atoms with E-state index < -0.39 is 6.03 Å². The Morgan fingerprint density at radius 1 is 1.35 bits per heavy atom. The fraction of sp³-hybridized carbons (Fsp3) is 0.417. The predicted octanol–water partition coefficient (Wildman–Crippen LogP) is 2.82. The standard InChI is InChI=1S/C12H15FN2O2/c13-9-4-3-5-10(8-9)14-12(16)15-17-11-6-1-2-7-11/h3-5,8,11H,1-2,6-7H2,(H2,14,15,16). The summed E-state index contributed by atoms with van der Waals surface area (Å²) in [6, 6.07) is 5.22.